The van der Waals surface area contributed by atoms with Gasteiger partial charge in [0.1, 0.15) is 11.9 Å². The van der Waals surface area contributed by atoms with Gasteiger partial charge >= 0.3 is 5.97 Å². The van der Waals surface area contributed by atoms with Gasteiger partial charge in [-0.1, -0.05) is 66.2 Å². The van der Waals surface area contributed by atoms with Crippen molar-refractivity contribution in [1.29, 1.82) is 0 Å². The number of aliphatic carboxylic acids is 1. The van der Waals surface area contributed by atoms with E-state index in [-0.39, 0.29) is 23.6 Å². The molecule has 0 saturated carbocycles. The van der Waals surface area contributed by atoms with Gasteiger partial charge < -0.3 is 14.8 Å². The van der Waals surface area contributed by atoms with Crippen LogP contribution in [-0.2, 0) is 17.8 Å². The summed E-state index contributed by atoms with van der Waals surface area (Å²) in [6.45, 7) is 2.31. The number of furan rings is 1. The molecule has 5 aromatic rings. The third-order valence-electron chi connectivity index (χ3n) is 6.14. The molecular formula is C29H24FN5O4. The van der Waals surface area contributed by atoms with Gasteiger partial charge in [0.2, 0.25) is 5.82 Å². The Morgan fingerprint density at radius 2 is 1.82 bits per heavy atom. The van der Waals surface area contributed by atoms with Crippen LogP contribution in [0.5, 0.6) is 0 Å². The van der Waals surface area contributed by atoms with E-state index in [9.17, 15) is 14.7 Å². The van der Waals surface area contributed by atoms with Gasteiger partial charge in [-0.05, 0) is 47.0 Å². The summed E-state index contributed by atoms with van der Waals surface area (Å²) >= 11 is 0. The Balaban J connectivity index is 1.29. The molecule has 0 radical (unpaired) electrons. The first-order chi connectivity index (χ1) is 18.9. The van der Waals surface area contributed by atoms with Gasteiger partial charge in [0, 0.05) is 12.0 Å². The quantitative estimate of drug-likeness (QED) is 0.290. The van der Waals surface area contributed by atoms with E-state index in [0.717, 1.165) is 16.7 Å². The Bertz CT molecular complexity index is 1630. The molecule has 1 atom stereocenters. The van der Waals surface area contributed by atoms with Gasteiger partial charge in [-0.3, -0.25) is 4.79 Å². The minimum atomic E-state index is -1.32. The molecular weight excluding hydrogens is 501 g/mol. The summed E-state index contributed by atoms with van der Waals surface area (Å²) in [4.78, 5) is 26.3. The summed E-state index contributed by atoms with van der Waals surface area (Å²) < 4.78 is 20.4. The van der Waals surface area contributed by atoms with E-state index in [1.807, 2.05) is 61.5 Å². The van der Waals surface area contributed by atoms with Crippen LogP contribution in [0.15, 0.2) is 89.5 Å². The highest BCUT2D eigenvalue weighted by molar-refractivity contribution is 6.00. The van der Waals surface area contributed by atoms with Crippen molar-refractivity contribution in [2.24, 2.45) is 0 Å². The summed E-state index contributed by atoms with van der Waals surface area (Å²) in [5.74, 6) is -2.46. The zero-order valence-electron chi connectivity index (χ0n) is 20.9. The van der Waals surface area contributed by atoms with Crippen molar-refractivity contribution >= 4 is 11.9 Å². The van der Waals surface area contributed by atoms with E-state index >= 15 is 4.39 Å². The third kappa shape index (κ3) is 5.90. The number of carboxylic acids is 1. The lowest BCUT2D eigenvalue weighted by molar-refractivity contribution is -0.139. The highest BCUT2D eigenvalue weighted by Crippen LogP contribution is 2.26. The second-order valence-electron chi connectivity index (χ2n) is 9.04. The molecule has 10 heteroatoms. The van der Waals surface area contributed by atoms with Crippen LogP contribution in [-0.4, -0.2) is 43.2 Å². The van der Waals surface area contributed by atoms with Crippen LogP contribution in [0, 0.1) is 12.7 Å². The molecule has 196 valence electrons. The number of rotatable bonds is 9. The minimum absolute atomic E-state index is 0.00181. The molecule has 5 rings (SSSR count). The van der Waals surface area contributed by atoms with Crippen LogP contribution in [0.4, 0.5) is 4.39 Å². The highest BCUT2D eigenvalue weighted by atomic mass is 19.1. The topological polar surface area (TPSA) is 123 Å². The van der Waals surface area contributed by atoms with E-state index < -0.39 is 23.7 Å². The monoisotopic (exact) mass is 525 g/mol. The average Bonchev–Trinajstić information content (AvgIpc) is 3.59. The Morgan fingerprint density at radius 3 is 2.56 bits per heavy atom. The third-order valence-corrected chi connectivity index (χ3v) is 6.14. The van der Waals surface area contributed by atoms with Crippen LogP contribution < -0.4 is 5.32 Å². The Labute approximate surface area is 222 Å². The first-order valence-corrected chi connectivity index (χ1v) is 12.2. The molecule has 0 aliphatic rings. The number of amides is 1. The van der Waals surface area contributed by atoms with Gasteiger partial charge in [0.25, 0.3) is 5.91 Å². The molecule has 0 aliphatic carbocycles. The summed E-state index contributed by atoms with van der Waals surface area (Å²) in [5.41, 5.74) is 3.80. The number of carbonyl (C=O) groups is 2. The number of halogens is 1. The molecule has 9 nitrogen and oxygen atoms in total. The standard InChI is InChI=1S/C29H24FN5O4/c1-18-6-5-9-21(14-18)22-12-13-39-26(22)28(36)31-25(29(37)38)16-20-10-11-23(24(30)15-20)27-32-34-35(33-27)17-19-7-3-2-4-8-19/h2-15,25H,16-17H2,1H3,(H,31,36)(H,37,38). The Hall–Kier alpha value is -5.12. The number of hydrogen-bond donors (Lipinski definition) is 2. The van der Waals surface area contributed by atoms with Gasteiger partial charge in [0.15, 0.2) is 5.76 Å². The lowest BCUT2D eigenvalue weighted by Gasteiger charge is -2.15. The largest absolute Gasteiger partial charge is 0.480 e. The minimum Gasteiger partial charge on any atom is -0.480 e. The van der Waals surface area contributed by atoms with Crippen molar-refractivity contribution in [2.75, 3.05) is 0 Å². The predicted molar refractivity (Wildman–Crippen MR) is 140 cm³/mol. The summed E-state index contributed by atoms with van der Waals surface area (Å²) in [6.07, 6.45) is 1.23. The number of benzene rings is 3. The van der Waals surface area contributed by atoms with Crippen LogP contribution in [0.3, 0.4) is 0 Å². The van der Waals surface area contributed by atoms with Crippen molar-refractivity contribution in [2.45, 2.75) is 25.9 Å². The molecule has 2 N–H and O–H groups in total. The van der Waals surface area contributed by atoms with Gasteiger partial charge in [-0.2, -0.15) is 4.80 Å². The number of carbonyl (C=O) groups excluding carboxylic acids is 1. The van der Waals surface area contributed by atoms with Crippen LogP contribution in [0.1, 0.15) is 27.2 Å². The highest BCUT2D eigenvalue weighted by Gasteiger charge is 2.25. The zero-order chi connectivity index (χ0) is 27.4. The van der Waals surface area contributed by atoms with Crippen molar-refractivity contribution in [3.8, 4) is 22.5 Å². The first kappa shape index (κ1) is 25.5. The molecule has 1 amide bonds. The number of carboxylic acid groups (broad SMARTS) is 1. The number of tetrazole rings is 1. The maximum absolute atomic E-state index is 15.0. The molecule has 2 aromatic heterocycles. The SMILES string of the molecule is Cc1cccc(-c2ccoc2C(=O)NC(Cc2ccc(-c3nnn(Cc4ccccc4)n3)c(F)c2)C(=O)O)c1. The summed E-state index contributed by atoms with van der Waals surface area (Å²) in [6, 6.07) is 21.7. The van der Waals surface area contributed by atoms with E-state index in [4.69, 9.17) is 4.42 Å². The molecule has 39 heavy (non-hydrogen) atoms. The molecule has 0 saturated heterocycles. The molecule has 0 spiro atoms. The number of aromatic nitrogens is 4. The fraction of sp³-hybridized carbons (Fsp3) is 0.138. The number of nitrogens with zero attached hydrogens (tertiary/aromatic N) is 4. The molecule has 2 heterocycles. The van der Waals surface area contributed by atoms with E-state index in [2.05, 4.69) is 20.7 Å². The van der Waals surface area contributed by atoms with Crippen LogP contribution in [0.2, 0.25) is 0 Å². The Kier molecular flexibility index (Phi) is 7.26. The second-order valence-corrected chi connectivity index (χ2v) is 9.04. The second kappa shape index (κ2) is 11.1. The molecule has 3 aromatic carbocycles. The molecule has 0 fully saturated rings. The fourth-order valence-electron chi connectivity index (χ4n) is 4.22. The lowest BCUT2D eigenvalue weighted by atomic mass is 10.0. The normalized spacial score (nSPS) is 11.7. The van der Waals surface area contributed by atoms with Crippen LogP contribution in [0.25, 0.3) is 22.5 Å². The van der Waals surface area contributed by atoms with Crippen LogP contribution >= 0.6 is 0 Å². The van der Waals surface area contributed by atoms with Crippen molar-refractivity contribution in [3.05, 3.63) is 113 Å². The zero-order valence-corrected chi connectivity index (χ0v) is 20.9. The molecule has 1 unspecified atom stereocenters. The lowest BCUT2D eigenvalue weighted by Crippen LogP contribution is -2.42. The van der Waals surface area contributed by atoms with E-state index in [1.54, 1.807) is 12.1 Å². The van der Waals surface area contributed by atoms with Crippen molar-refractivity contribution < 1.29 is 23.5 Å². The number of aryl methyl sites for hydroxylation is 1. The van der Waals surface area contributed by atoms with Gasteiger partial charge in [-0.15, -0.1) is 10.2 Å². The number of hydrogen-bond acceptors (Lipinski definition) is 6. The van der Waals surface area contributed by atoms with Gasteiger partial charge in [0.05, 0.1) is 18.4 Å². The molecule has 0 aliphatic heterocycles. The Morgan fingerprint density at radius 1 is 1.00 bits per heavy atom. The summed E-state index contributed by atoms with van der Waals surface area (Å²) in [7, 11) is 0. The van der Waals surface area contributed by atoms with Crippen molar-refractivity contribution in [1.82, 2.24) is 25.5 Å². The maximum Gasteiger partial charge on any atom is 0.326 e. The number of nitrogens with one attached hydrogen (secondary N) is 1. The van der Waals surface area contributed by atoms with Crippen molar-refractivity contribution in [3.63, 3.8) is 0 Å². The predicted octanol–water partition coefficient (Wildman–Crippen LogP) is 4.52. The van der Waals surface area contributed by atoms with E-state index in [0.29, 0.717) is 17.7 Å². The van der Waals surface area contributed by atoms with E-state index in [1.165, 1.54) is 23.2 Å². The first-order valence-electron chi connectivity index (χ1n) is 12.2. The fourth-order valence-corrected chi connectivity index (χ4v) is 4.22. The van der Waals surface area contributed by atoms with Gasteiger partial charge in [-0.25, -0.2) is 9.18 Å². The smallest absolute Gasteiger partial charge is 0.326 e. The maximum atomic E-state index is 15.0. The summed E-state index contributed by atoms with van der Waals surface area (Å²) in [5, 5.41) is 24.4. The average molecular weight is 526 g/mol. The molecule has 0 bridgehead atoms.